The predicted molar refractivity (Wildman–Crippen MR) is 112 cm³/mol. The van der Waals surface area contributed by atoms with E-state index in [2.05, 4.69) is 22.6 Å². The van der Waals surface area contributed by atoms with E-state index in [1.807, 2.05) is 18.2 Å². The molecule has 0 saturated heterocycles. The minimum atomic E-state index is -0.394. The van der Waals surface area contributed by atoms with E-state index in [4.69, 9.17) is 21.1 Å². The van der Waals surface area contributed by atoms with Crippen LogP contribution in [0.3, 0.4) is 0 Å². The van der Waals surface area contributed by atoms with Crippen LogP contribution >= 0.6 is 11.6 Å². The van der Waals surface area contributed by atoms with Gasteiger partial charge in [0, 0.05) is 6.07 Å². The van der Waals surface area contributed by atoms with Gasteiger partial charge in [-0.25, -0.2) is 4.68 Å². The second-order valence-corrected chi connectivity index (χ2v) is 6.81. The van der Waals surface area contributed by atoms with Gasteiger partial charge in [-0.1, -0.05) is 42.3 Å². The first-order chi connectivity index (χ1) is 14.0. The second-order valence-electron chi connectivity index (χ2n) is 6.40. The molecule has 0 atom stereocenters. The normalized spacial score (nSPS) is 10.6. The van der Waals surface area contributed by atoms with Crippen LogP contribution in [-0.2, 0) is 0 Å². The van der Waals surface area contributed by atoms with Gasteiger partial charge in [0.2, 0.25) is 0 Å². The lowest BCUT2D eigenvalue weighted by atomic mass is 10.2. The molecule has 2 aromatic carbocycles. The van der Waals surface area contributed by atoms with Gasteiger partial charge in [-0.05, 0) is 37.6 Å². The summed E-state index contributed by atoms with van der Waals surface area (Å²) in [6.07, 6.45) is 1.94. The van der Waals surface area contributed by atoms with Gasteiger partial charge in [-0.3, -0.25) is 4.79 Å². The summed E-state index contributed by atoms with van der Waals surface area (Å²) in [7, 11) is 1.57. The van der Waals surface area contributed by atoms with Crippen molar-refractivity contribution in [2.24, 2.45) is 0 Å². The molecule has 0 radical (unpaired) electrons. The Kier molecular flexibility index (Phi) is 6.72. The van der Waals surface area contributed by atoms with Crippen molar-refractivity contribution in [1.82, 2.24) is 15.0 Å². The Hall–Kier alpha value is -3.06. The van der Waals surface area contributed by atoms with Crippen LogP contribution in [0.4, 0.5) is 5.69 Å². The molecule has 1 aromatic heterocycles. The van der Waals surface area contributed by atoms with E-state index in [-0.39, 0.29) is 5.69 Å². The molecule has 0 bridgehead atoms. The molecule has 3 rings (SSSR count). The molecule has 0 aliphatic heterocycles. The molecule has 0 spiro atoms. The van der Waals surface area contributed by atoms with E-state index in [1.165, 1.54) is 0 Å². The highest BCUT2D eigenvalue weighted by molar-refractivity contribution is 6.32. The fourth-order valence-electron chi connectivity index (χ4n) is 2.76. The number of halogens is 1. The number of nitrogens with one attached hydrogen (secondary N) is 1. The minimum absolute atomic E-state index is 0.201. The van der Waals surface area contributed by atoms with E-state index < -0.39 is 5.91 Å². The molecule has 3 aromatic rings. The first-order valence-corrected chi connectivity index (χ1v) is 9.72. The van der Waals surface area contributed by atoms with Crippen LogP contribution in [0, 0.1) is 6.92 Å². The number of benzene rings is 2. The summed E-state index contributed by atoms with van der Waals surface area (Å²) in [5.41, 5.74) is 1.94. The van der Waals surface area contributed by atoms with Gasteiger partial charge in [0.05, 0.1) is 35.8 Å². The summed E-state index contributed by atoms with van der Waals surface area (Å²) in [4.78, 5) is 12.9. The monoisotopic (exact) mass is 414 g/mol. The number of hydrogen-bond acceptors (Lipinski definition) is 5. The maximum atomic E-state index is 12.9. The third-order valence-corrected chi connectivity index (χ3v) is 4.70. The van der Waals surface area contributed by atoms with Gasteiger partial charge in [-0.15, -0.1) is 5.10 Å². The predicted octanol–water partition coefficient (Wildman–Crippen LogP) is 4.67. The summed E-state index contributed by atoms with van der Waals surface area (Å²) in [5.74, 6) is 0.790. The Bertz CT molecular complexity index is 1000. The van der Waals surface area contributed by atoms with Crippen LogP contribution in [0.25, 0.3) is 5.69 Å². The van der Waals surface area contributed by atoms with Crippen molar-refractivity contribution in [3.63, 3.8) is 0 Å². The highest BCUT2D eigenvalue weighted by atomic mass is 35.5. The van der Waals surface area contributed by atoms with Gasteiger partial charge in [0.1, 0.15) is 11.5 Å². The summed E-state index contributed by atoms with van der Waals surface area (Å²) in [5, 5.41) is 11.5. The molecule has 152 valence electrons. The van der Waals surface area contributed by atoms with Crippen LogP contribution in [0.5, 0.6) is 11.5 Å². The molecule has 8 heteroatoms. The number of ether oxygens (including phenoxy) is 2. The summed E-state index contributed by atoms with van der Waals surface area (Å²) >= 11 is 6.24. The first-order valence-electron chi connectivity index (χ1n) is 9.34. The van der Waals surface area contributed by atoms with Gasteiger partial charge in [0.25, 0.3) is 5.91 Å². The zero-order valence-electron chi connectivity index (χ0n) is 16.6. The highest BCUT2D eigenvalue weighted by Gasteiger charge is 2.20. The number of anilines is 1. The van der Waals surface area contributed by atoms with Crippen LogP contribution in [0.1, 0.15) is 35.9 Å². The number of carbonyl (C=O) groups is 1. The number of unbranched alkanes of at least 4 members (excludes halogenated alkanes) is 1. The molecule has 1 amide bonds. The number of aromatic nitrogens is 3. The quantitative estimate of drug-likeness (QED) is 0.542. The van der Waals surface area contributed by atoms with Crippen molar-refractivity contribution in [2.75, 3.05) is 19.0 Å². The Morgan fingerprint density at radius 1 is 1.24 bits per heavy atom. The van der Waals surface area contributed by atoms with Crippen molar-refractivity contribution in [3.8, 4) is 17.2 Å². The molecule has 0 aliphatic carbocycles. The van der Waals surface area contributed by atoms with Crippen molar-refractivity contribution < 1.29 is 14.3 Å². The van der Waals surface area contributed by atoms with Crippen LogP contribution in [0.2, 0.25) is 5.02 Å². The summed E-state index contributed by atoms with van der Waals surface area (Å²) in [6, 6.07) is 12.5. The summed E-state index contributed by atoms with van der Waals surface area (Å²) in [6.45, 7) is 4.42. The lowest BCUT2D eigenvalue weighted by Gasteiger charge is -2.13. The molecule has 29 heavy (non-hydrogen) atoms. The first kappa shape index (κ1) is 20.7. The molecule has 7 nitrogen and oxygen atoms in total. The Morgan fingerprint density at radius 3 is 2.76 bits per heavy atom. The van der Waals surface area contributed by atoms with Gasteiger partial charge < -0.3 is 14.8 Å². The average Bonchev–Trinajstić information content (AvgIpc) is 3.10. The lowest BCUT2D eigenvalue weighted by molar-refractivity contribution is 0.102. The zero-order chi connectivity index (χ0) is 20.8. The molecule has 1 N–H and O–H groups in total. The number of hydrogen-bond donors (Lipinski definition) is 1. The van der Waals surface area contributed by atoms with Crippen molar-refractivity contribution in [3.05, 3.63) is 58.9 Å². The third kappa shape index (κ3) is 4.68. The van der Waals surface area contributed by atoms with Crippen molar-refractivity contribution >= 4 is 23.2 Å². The van der Waals surface area contributed by atoms with E-state index in [9.17, 15) is 4.79 Å². The number of rotatable bonds is 8. The molecular weight excluding hydrogens is 392 g/mol. The van der Waals surface area contributed by atoms with Crippen molar-refractivity contribution in [2.45, 2.75) is 26.7 Å². The third-order valence-electron chi connectivity index (χ3n) is 4.38. The molecular formula is C21H23ClN4O3. The minimum Gasteiger partial charge on any atom is -0.497 e. The summed E-state index contributed by atoms with van der Waals surface area (Å²) < 4.78 is 12.6. The van der Waals surface area contributed by atoms with Gasteiger partial charge >= 0.3 is 0 Å². The zero-order valence-corrected chi connectivity index (χ0v) is 17.4. The maximum absolute atomic E-state index is 12.9. The van der Waals surface area contributed by atoms with Crippen LogP contribution < -0.4 is 14.8 Å². The fourth-order valence-corrected chi connectivity index (χ4v) is 2.97. The lowest BCUT2D eigenvalue weighted by Crippen LogP contribution is -2.15. The molecule has 1 heterocycles. The SMILES string of the molecule is CCCCOc1ccc(OC)cc1NC(=O)c1nnn(-c2ccccc2Cl)c1C. The molecule has 0 saturated carbocycles. The van der Waals surface area contributed by atoms with E-state index in [0.717, 1.165) is 12.8 Å². The highest BCUT2D eigenvalue weighted by Crippen LogP contribution is 2.30. The van der Waals surface area contributed by atoms with Gasteiger partial charge in [0.15, 0.2) is 5.69 Å². The number of para-hydroxylation sites is 1. The number of methoxy groups -OCH3 is 1. The van der Waals surface area contributed by atoms with Gasteiger partial charge in [-0.2, -0.15) is 0 Å². The number of nitrogens with zero attached hydrogens (tertiary/aromatic N) is 3. The Balaban J connectivity index is 1.86. The molecule has 0 aliphatic rings. The number of carbonyl (C=O) groups excluding carboxylic acids is 1. The van der Waals surface area contributed by atoms with Crippen LogP contribution in [0.15, 0.2) is 42.5 Å². The maximum Gasteiger partial charge on any atom is 0.278 e. The standard InChI is InChI=1S/C21H23ClN4O3/c1-4-5-12-29-19-11-10-15(28-3)13-17(19)23-21(27)20-14(2)26(25-24-20)18-9-7-6-8-16(18)22/h6-11,13H,4-5,12H2,1-3H3,(H,23,27). The van der Waals surface area contributed by atoms with Crippen molar-refractivity contribution in [1.29, 1.82) is 0 Å². The van der Waals surface area contributed by atoms with E-state index in [0.29, 0.717) is 40.2 Å². The Morgan fingerprint density at radius 2 is 2.03 bits per heavy atom. The van der Waals surface area contributed by atoms with E-state index in [1.54, 1.807) is 43.0 Å². The molecule has 0 fully saturated rings. The fraction of sp³-hybridized carbons (Fsp3) is 0.286. The smallest absolute Gasteiger partial charge is 0.278 e. The largest absolute Gasteiger partial charge is 0.497 e. The Labute approximate surface area is 174 Å². The van der Waals surface area contributed by atoms with Crippen LogP contribution in [-0.4, -0.2) is 34.6 Å². The number of amides is 1. The topological polar surface area (TPSA) is 78.3 Å². The molecule has 0 unspecified atom stereocenters. The van der Waals surface area contributed by atoms with E-state index >= 15 is 0 Å². The second kappa shape index (κ2) is 9.43. The average molecular weight is 415 g/mol.